The first-order chi connectivity index (χ1) is 5.66. The van der Waals surface area contributed by atoms with Gasteiger partial charge < -0.3 is 15.2 Å². The number of rotatable bonds is 7. The highest BCUT2D eigenvalue weighted by Crippen LogP contribution is 1.97. The predicted molar refractivity (Wildman–Crippen MR) is 48.4 cm³/mol. The third kappa shape index (κ3) is 7.50. The van der Waals surface area contributed by atoms with Crippen molar-refractivity contribution in [1.82, 2.24) is 0 Å². The van der Waals surface area contributed by atoms with E-state index < -0.39 is 0 Å². The summed E-state index contributed by atoms with van der Waals surface area (Å²) in [4.78, 5) is 0. The van der Waals surface area contributed by atoms with Crippen LogP contribution in [0.15, 0.2) is 0 Å². The second kappa shape index (κ2) is 7.06. The van der Waals surface area contributed by atoms with Crippen LogP contribution in [0.2, 0.25) is 0 Å². The van der Waals surface area contributed by atoms with Crippen LogP contribution in [0.5, 0.6) is 0 Å². The van der Waals surface area contributed by atoms with Gasteiger partial charge in [-0.05, 0) is 13.3 Å². The van der Waals surface area contributed by atoms with Gasteiger partial charge in [-0.15, -0.1) is 0 Å². The molecular formula is C8H18N2O2. The van der Waals surface area contributed by atoms with E-state index in [0.717, 1.165) is 6.42 Å². The molecule has 0 aliphatic rings. The molecule has 0 rings (SSSR count). The van der Waals surface area contributed by atoms with E-state index >= 15 is 0 Å². The van der Waals surface area contributed by atoms with Crippen LogP contribution in [0.25, 0.3) is 0 Å². The number of nitrogens with two attached hydrogens (primary N) is 1. The molecule has 1 atom stereocenters. The molecule has 0 spiro atoms. The normalized spacial score (nSPS) is 12.8. The van der Waals surface area contributed by atoms with Crippen LogP contribution in [0.3, 0.4) is 0 Å². The van der Waals surface area contributed by atoms with Crippen LogP contribution < -0.4 is 5.73 Å². The quantitative estimate of drug-likeness (QED) is 0.340. The summed E-state index contributed by atoms with van der Waals surface area (Å²) in [6.45, 7) is 3.29. The van der Waals surface area contributed by atoms with Gasteiger partial charge in [-0.1, -0.05) is 0 Å². The molecule has 0 bridgehead atoms. The van der Waals surface area contributed by atoms with Gasteiger partial charge in [0.1, 0.15) is 0 Å². The number of amidine groups is 1. The van der Waals surface area contributed by atoms with Crippen molar-refractivity contribution < 1.29 is 9.47 Å². The zero-order valence-electron chi connectivity index (χ0n) is 7.80. The Labute approximate surface area is 73.5 Å². The van der Waals surface area contributed by atoms with Gasteiger partial charge in [0.2, 0.25) is 0 Å². The zero-order valence-corrected chi connectivity index (χ0v) is 7.80. The first kappa shape index (κ1) is 11.4. The Morgan fingerprint density at radius 2 is 2.17 bits per heavy atom. The van der Waals surface area contributed by atoms with E-state index in [0.29, 0.717) is 19.6 Å². The molecule has 72 valence electrons. The lowest BCUT2D eigenvalue weighted by Crippen LogP contribution is -2.20. The molecule has 0 heterocycles. The fraction of sp³-hybridized carbons (Fsp3) is 0.875. The van der Waals surface area contributed by atoms with Crippen molar-refractivity contribution >= 4 is 5.84 Å². The average Bonchev–Trinajstić information content (AvgIpc) is 1.97. The van der Waals surface area contributed by atoms with Gasteiger partial charge in [-0.2, -0.15) is 0 Å². The first-order valence-corrected chi connectivity index (χ1v) is 4.10. The minimum Gasteiger partial charge on any atom is -0.388 e. The molecule has 0 saturated heterocycles. The molecule has 1 unspecified atom stereocenters. The Morgan fingerprint density at radius 3 is 2.67 bits per heavy atom. The van der Waals surface area contributed by atoms with Crippen LogP contribution in [-0.4, -0.2) is 32.3 Å². The van der Waals surface area contributed by atoms with Gasteiger partial charge in [0.05, 0.1) is 11.9 Å². The number of hydrogen-bond donors (Lipinski definition) is 2. The summed E-state index contributed by atoms with van der Waals surface area (Å²) < 4.78 is 10.2. The van der Waals surface area contributed by atoms with Crippen molar-refractivity contribution in [2.75, 3.05) is 20.3 Å². The fourth-order valence-corrected chi connectivity index (χ4v) is 0.856. The molecule has 0 aromatic rings. The second-order valence-electron chi connectivity index (χ2n) is 2.76. The Morgan fingerprint density at radius 1 is 1.50 bits per heavy atom. The Balaban J connectivity index is 3.19. The van der Waals surface area contributed by atoms with Gasteiger partial charge in [0.25, 0.3) is 0 Å². The summed E-state index contributed by atoms with van der Waals surface area (Å²) in [7, 11) is 1.67. The van der Waals surface area contributed by atoms with Crippen LogP contribution in [-0.2, 0) is 9.47 Å². The maximum Gasteiger partial charge on any atom is 0.0931 e. The van der Waals surface area contributed by atoms with Gasteiger partial charge in [0, 0.05) is 26.7 Å². The Kier molecular flexibility index (Phi) is 6.70. The Bertz CT molecular complexity index is 128. The molecule has 0 radical (unpaired) electrons. The summed E-state index contributed by atoms with van der Waals surface area (Å²) in [5.74, 6) is 0.175. The minimum absolute atomic E-state index is 0.0411. The predicted octanol–water partition coefficient (Wildman–Crippen LogP) is 0.754. The molecule has 0 aliphatic carbocycles. The van der Waals surface area contributed by atoms with Gasteiger partial charge in [-0.25, -0.2) is 0 Å². The smallest absolute Gasteiger partial charge is 0.0931 e. The van der Waals surface area contributed by atoms with Crippen LogP contribution in [0.4, 0.5) is 0 Å². The van der Waals surface area contributed by atoms with E-state index in [9.17, 15) is 0 Å². The van der Waals surface area contributed by atoms with Crippen molar-refractivity contribution in [3.63, 3.8) is 0 Å². The van der Waals surface area contributed by atoms with E-state index in [-0.39, 0.29) is 11.9 Å². The number of ether oxygens (including phenoxy) is 2. The van der Waals surface area contributed by atoms with E-state index in [1.165, 1.54) is 0 Å². The lowest BCUT2D eigenvalue weighted by molar-refractivity contribution is 0.0543. The third-order valence-corrected chi connectivity index (χ3v) is 1.40. The van der Waals surface area contributed by atoms with E-state index in [1.807, 2.05) is 6.92 Å². The Hall–Kier alpha value is -0.610. The maximum atomic E-state index is 7.01. The number of methoxy groups -OCH3 is 1. The molecule has 3 N–H and O–H groups in total. The highest BCUT2D eigenvalue weighted by atomic mass is 16.5. The lowest BCUT2D eigenvalue weighted by Gasteiger charge is -2.11. The lowest BCUT2D eigenvalue weighted by atomic mass is 10.3. The zero-order chi connectivity index (χ0) is 9.40. The van der Waals surface area contributed by atoms with Gasteiger partial charge in [0.15, 0.2) is 0 Å². The molecule has 0 aliphatic heterocycles. The molecule has 0 aromatic heterocycles. The van der Waals surface area contributed by atoms with E-state index in [2.05, 4.69) is 0 Å². The largest absolute Gasteiger partial charge is 0.388 e. The van der Waals surface area contributed by atoms with Crippen molar-refractivity contribution in [1.29, 1.82) is 5.41 Å². The van der Waals surface area contributed by atoms with E-state index in [4.69, 9.17) is 20.6 Å². The maximum absolute atomic E-state index is 7.01. The minimum atomic E-state index is 0.0411. The van der Waals surface area contributed by atoms with Crippen LogP contribution in [0.1, 0.15) is 19.8 Å². The standard InChI is InChI=1S/C8H18N2O2/c1-7(6-8(9)10)12-5-3-4-11-2/h7H,3-6H2,1-2H3,(H3,9,10). The number of nitrogens with one attached hydrogen (secondary N) is 1. The molecule has 0 aromatic carbocycles. The summed E-state index contributed by atoms with van der Waals surface area (Å²) in [6.07, 6.45) is 1.44. The van der Waals surface area contributed by atoms with Crippen molar-refractivity contribution in [2.45, 2.75) is 25.9 Å². The first-order valence-electron chi connectivity index (χ1n) is 4.10. The fourth-order valence-electron chi connectivity index (χ4n) is 0.856. The van der Waals surface area contributed by atoms with Gasteiger partial charge in [-0.3, -0.25) is 5.41 Å². The number of hydrogen-bond acceptors (Lipinski definition) is 3. The highest BCUT2D eigenvalue weighted by Gasteiger charge is 2.02. The average molecular weight is 174 g/mol. The van der Waals surface area contributed by atoms with Crippen molar-refractivity contribution in [3.8, 4) is 0 Å². The molecule has 0 fully saturated rings. The summed E-state index contributed by atoms with van der Waals surface area (Å²) >= 11 is 0. The molecule has 0 amide bonds. The molecule has 4 heteroatoms. The second-order valence-corrected chi connectivity index (χ2v) is 2.76. The molecule has 0 saturated carbocycles. The topological polar surface area (TPSA) is 68.3 Å². The van der Waals surface area contributed by atoms with Crippen molar-refractivity contribution in [3.05, 3.63) is 0 Å². The third-order valence-electron chi connectivity index (χ3n) is 1.40. The highest BCUT2D eigenvalue weighted by molar-refractivity contribution is 5.77. The van der Waals surface area contributed by atoms with E-state index in [1.54, 1.807) is 7.11 Å². The summed E-state index contributed by atoms with van der Waals surface area (Å²) in [5, 5.41) is 7.01. The molecule has 4 nitrogen and oxygen atoms in total. The summed E-state index contributed by atoms with van der Waals surface area (Å²) in [5.41, 5.74) is 5.20. The monoisotopic (exact) mass is 174 g/mol. The SMILES string of the molecule is COCCCOC(C)CC(=N)N. The van der Waals surface area contributed by atoms with Crippen LogP contribution >= 0.6 is 0 Å². The molecular weight excluding hydrogens is 156 g/mol. The molecule has 12 heavy (non-hydrogen) atoms. The summed E-state index contributed by atoms with van der Waals surface area (Å²) in [6, 6.07) is 0. The van der Waals surface area contributed by atoms with Gasteiger partial charge >= 0.3 is 0 Å². The van der Waals surface area contributed by atoms with Crippen molar-refractivity contribution in [2.24, 2.45) is 5.73 Å². The van der Waals surface area contributed by atoms with Crippen LogP contribution in [0, 0.1) is 5.41 Å².